The first-order chi connectivity index (χ1) is 15.7. The normalized spacial score (nSPS) is 29.0. The van der Waals surface area contributed by atoms with Crippen LogP contribution in [0.5, 0.6) is 0 Å². The fraction of sp³-hybridized carbons (Fsp3) is 0.577. The zero-order valence-electron chi connectivity index (χ0n) is 19.8. The van der Waals surface area contributed by atoms with Crippen LogP contribution in [0.2, 0.25) is 0 Å². The Bertz CT molecular complexity index is 796. The van der Waals surface area contributed by atoms with Crippen LogP contribution in [0.4, 0.5) is 0 Å². The lowest BCUT2D eigenvalue weighted by molar-refractivity contribution is -0.142. The van der Waals surface area contributed by atoms with Crippen LogP contribution < -0.4 is 5.32 Å². The van der Waals surface area contributed by atoms with E-state index in [1.54, 1.807) is 6.08 Å². The third-order valence-corrected chi connectivity index (χ3v) is 6.06. The molecule has 0 aliphatic carbocycles. The van der Waals surface area contributed by atoms with Crippen LogP contribution in [0, 0.1) is 17.8 Å². The average molecular weight is 460 g/mol. The number of nitrogens with one attached hydrogen (secondary N) is 1. The van der Waals surface area contributed by atoms with Crippen molar-refractivity contribution in [1.82, 2.24) is 5.32 Å². The van der Waals surface area contributed by atoms with Gasteiger partial charge in [0, 0.05) is 30.8 Å². The second-order valence-corrected chi connectivity index (χ2v) is 9.22. The number of aliphatic hydroxyl groups is 2. The minimum Gasteiger partial charge on any atom is -0.454 e. The largest absolute Gasteiger partial charge is 0.454 e. The van der Waals surface area contributed by atoms with E-state index in [-0.39, 0.29) is 55.3 Å². The monoisotopic (exact) mass is 459 g/mol. The van der Waals surface area contributed by atoms with E-state index in [2.05, 4.69) is 11.4 Å². The number of piperidine rings is 1. The smallest absolute Gasteiger partial charge is 0.331 e. The lowest BCUT2D eigenvalue weighted by Crippen LogP contribution is -2.39. The Balaban J connectivity index is 2.00. The quantitative estimate of drug-likeness (QED) is 0.306. The molecule has 1 saturated heterocycles. The molecule has 0 aromatic heterocycles. The fourth-order valence-corrected chi connectivity index (χ4v) is 4.28. The van der Waals surface area contributed by atoms with Crippen LogP contribution in [0.3, 0.4) is 0 Å². The van der Waals surface area contributed by atoms with E-state index in [0.29, 0.717) is 0 Å². The van der Waals surface area contributed by atoms with E-state index in [1.165, 1.54) is 6.08 Å². The molecule has 182 valence electrons. The Morgan fingerprint density at radius 1 is 1.15 bits per heavy atom. The molecule has 2 aliphatic rings. The highest BCUT2D eigenvalue weighted by Gasteiger charge is 2.28. The van der Waals surface area contributed by atoms with Gasteiger partial charge in [0.05, 0.1) is 12.2 Å². The van der Waals surface area contributed by atoms with Gasteiger partial charge in [0.2, 0.25) is 11.8 Å². The molecule has 7 heteroatoms. The topological polar surface area (TPSA) is 113 Å². The summed E-state index contributed by atoms with van der Waals surface area (Å²) in [5, 5.41) is 23.3. The van der Waals surface area contributed by atoms with Gasteiger partial charge in [-0.15, -0.1) is 0 Å². The van der Waals surface area contributed by atoms with Crippen molar-refractivity contribution in [3.8, 4) is 0 Å². The van der Waals surface area contributed by atoms with Gasteiger partial charge in [0.1, 0.15) is 6.10 Å². The number of imide groups is 1. The molecule has 5 atom stereocenters. The number of ether oxygens (including phenoxy) is 1. The van der Waals surface area contributed by atoms with Gasteiger partial charge in [0.15, 0.2) is 0 Å². The van der Waals surface area contributed by atoms with Gasteiger partial charge in [-0.05, 0) is 44.1 Å². The fourth-order valence-electron chi connectivity index (χ4n) is 4.28. The van der Waals surface area contributed by atoms with Crippen LogP contribution in [0.1, 0.15) is 59.3 Å². The molecule has 0 aromatic carbocycles. The molecule has 33 heavy (non-hydrogen) atoms. The molecule has 2 heterocycles. The molecule has 3 N–H and O–H groups in total. The Labute approximate surface area is 196 Å². The summed E-state index contributed by atoms with van der Waals surface area (Å²) in [6.45, 7) is 5.69. The molecule has 7 nitrogen and oxygen atoms in total. The molecular weight excluding hydrogens is 422 g/mol. The van der Waals surface area contributed by atoms with E-state index < -0.39 is 24.3 Å². The first-order valence-electron chi connectivity index (χ1n) is 11.7. The zero-order chi connectivity index (χ0) is 24.4. The van der Waals surface area contributed by atoms with Crippen molar-refractivity contribution in [2.45, 2.75) is 77.6 Å². The maximum absolute atomic E-state index is 12.2. The standard InChI is InChI=1S/C26H37NO6/c1-17-10-8-6-4-5-7-9-11-25(32)33-26(17)19(3)12-18(2)22(29)16-21(28)13-20-14-23(30)27-24(31)15-20/h4,6,8-12,17-18,20-22,26,28-29H,5,7,13-16H2,1-3H3,(H,27,30,31)/b6-4+,10-8-,11-9+,19-12+/t17-,18-,21+,22?,26+/m0/s1. The molecular formula is C26H37NO6. The molecule has 2 aliphatic heterocycles. The number of carbonyl (C=O) groups excluding carboxylic acids is 3. The summed E-state index contributed by atoms with van der Waals surface area (Å²) >= 11 is 0. The van der Waals surface area contributed by atoms with Crippen molar-refractivity contribution in [2.24, 2.45) is 17.8 Å². The summed E-state index contributed by atoms with van der Waals surface area (Å²) in [5.74, 6) is -1.61. The van der Waals surface area contributed by atoms with E-state index in [1.807, 2.05) is 45.1 Å². The lowest BCUT2D eigenvalue weighted by Gasteiger charge is -2.27. The summed E-state index contributed by atoms with van der Waals surface area (Å²) < 4.78 is 5.71. The van der Waals surface area contributed by atoms with Crippen molar-refractivity contribution in [2.75, 3.05) is 0 Å². The molecule has 0 radical (unpaired) electrons. The summed E-state index contributed by atoms with van der Waals surface area (Å²) in [5.41, 5.74) is 0.825. The van der Waals surface area contributed by atoms with Crippen LogP contribution >= 0.6 is 0 Å². The molecule has 0 saturated carbocycles. The number of hydrogen-bond donors (Lipinski definition) is 3. The second kappa shape index (κ2) is 13.3. The SMILES string of the molecule is C/C(=C\[C@H](C)C(O)C[C@H](O)CC1CC(=O)NC(=O)C1)[C@@H]1OC(=O)/C=C/CC/C=C/C=C\[C@@H]1C. The molecule has 2 rings (SSSR count). The van der Waals surface area contributed by atoms with Crippen molar-refractivity contribution in [3.63, 3.8) is 0 Å². The van der Waals surface area contributed by atoms with Crippen molar-refractivity contribution in [1.29, 1.82) is 0 Å². The summed E-state index contributed by atoms with van der Waals surface area (Å²) in [4.78, 5) is 35.3. The van der Waals surface area contributed by atoms with Crippen molar-refractivity contribution < 1.29 is 29.3 Å². The van der Waals surface area contributed by atoms with Gasteiger partial charge in [-0.2, -0.15) is 0 Å². The van der Waals surface area contributed by atoms with Crippen LogP contribution in [-0.4, -0.2) is 46.3 Å². The van der Waals surface area contributed by atoms with Gasteiger partial charge in [-0.25, -0.2) is 4.79 Å². The van der Waals surface area contributed by atoms with E-state index >= 15 is 0 Å². The third kappa shape index (κ3) is 9.48. The maximum atomic E-state index is 12.2. The van der Waals surface area contributed by atoms with Gasteiger partial charge in [-0.3, -0.25) is 14.9 Å². The number of amides is 2. The molecule has 1 unspecified atom stereocenters. The number of aliphatic hydroxyl groups excluding tert-OH is 2. The Morgan fingerprint density at radius 2 is 1.82 bits per heavy atom. The van der Waals surface area contributed by atoms with E-state index in [0.717, 1.165) is 18.4 Å². The van der Waals surface area contributed by atoms with Crippen LogP contribution in [-0.2, 0) is 19.1 Å². The Kier molecular flexibility index (Phi) is 10.7. The van der Waals surface area contributed by atoms with Gasteiger partial charge < -0.3 is 14.9 Å². The molecule has 0 spiro atoms. The highest BCUT2D eigenvalue weighted by atomic mass is 16.5. The van der Waals surface area contributed by atoms with Crippen LogP contribution in [0.25, 0.3) is 0 Å². The minimum atomic E-state index is -0.821. The molecule has 1 fully saturated rings. The lowest BCUT2D eigenvalue weighted by atomic mass is 9.87. The van der Waals surface area contributed by atoms with Crippen molar-refractivity contribution in [3.05, 3.63) is 48.1 Å². The van der Waals surface area contributed by atoms with E-state index in [9.17, 15) is 24.6 Å². The summed E-state index contributed by atoms with van der Waals surface area (Å²) in [6, 6.07) is 0. The Hall–Kier alpha value is -2.51. The highest BCUT2D eigenvalue weighted by molar-refractivity contribution is 5.97. The van der Waals surface area contributed by atoms with Crippen molar-refractivity contribution >= 4 is 17.8 Å². The average Bonchev–Trinajstić information content (AvgIpc) is 2.71. The molecule has 0 aromatic rings. The van der Waals surface area contributed by atoms with Gasteiger partial charge >= 0.3 is 5.97 Å². The third-order valence-electron chi connectivity index (χ3n) is 6.06. The highest BCUT2D eigenvalue weighted by Crippen LogP contribution is 2.25. The number of carbonyl (C=O) groups is 3. The Morgan fingerprint density at radius 3 is 2.52 bits per heavy atom. The number of rotatable bonds is 7. The van der Waals surface area contributed by atoms with Gasteiger partial charge in [0.25, 0.3) is 0 Å². The number of allylic oxidation sites excluding steroid dienone is 4. The first kappa shape index (κ1) is 26.7. The molecule has 0 bridgehead atoms. The number of hydrogen-bond acceptors (Lipinski definition) is 6. The van der Waals surface area contributed by atoms with Crippen LogP contribution in [0.15, 0.2) is 48.1 Å². The summed E-state index contributed by atoms with van der Waals surface area (Å²) in [7, 11) is 0. The second-order valence-electron chi connectivity index (χ2n) is 9.22. The predicted octanol–water partition coefficient (Wildman–Crippen LogP) is 3.13. The molecule has 2 amide bonds. The number of cyclic esters (lactones) is 1. The van der Waals surface area contributed by atoms with E-state index in [4.69, 9.17) is 4.74 Å². The predicted molar refractivity (Wildman–Crippen MR) is 126 cm³/mol. The first-order valence-corrected chi connectivity index (χ1v) is 11.7. The maximum Gasteiger partial charge on any atom is 0.331 e. The zero-order valence-corrected chi connectivity index (χ0v) is 19.8. The van der Waals surface area contributed by atoms with Gasteiger partial charge in [-0.1, -0.05) is 50.3 Å². The minimum absolute atomic E-state index is 0.0624. The number of esters is 1. The summed E-state index contributed by atoms with van der Waals surface area (Å²) in [6.07, 6.45) is 13.4.